The van der Waals surface area contributed by atoms with Gasteiger partial charge in [-0.15, -0.1) is 11.3 Å². The summed E-state index contributed by atoms with van der Waals surface area (Å²) in [5, 5.41) is 5.10. The van der Waals surface area contributed by atoms with Gasteiger partial charge < -0.3 is 10.2 Å². The molecule has 2 nitrogen and oxygen atoms in total. The molecule has 2 aromatic rings. The van der Waals surface area contributed by atoms with Crippen LogP contribution in [0.25, 0.3) is 10.1 Å². The first-order chi connectivity index (χ1) is 9.66. The largest absolute Gasteiger partial charge is 0.308 e. The number of benzene rings is 1. The molecule has 0 saturated heterocycles. The molecule has 1 aromatic heterocycles. The van der Waals surface area contributed by atoms with Gasteiger partial charge in [0.05, 0.1) is 0 Å². The van der Waals surface area contributed by atoms with E-state index in [0.717, 1.165) is 19.1 Å². The third-order valence-corrected chi connectivity index (χ3v) is 5.81. The van der Waals surface area contributed by atoms with E-state index in [1.165, 1.54) is 33.4 Å². The molecule has 0 spiro atoms. The standard InChI is InChI=1S/C17H24N2S/c1-12-15-6-4-5-7-16(15)20-17(12)13(2)18-10-11-19(3)14-8-9-14/h4-7,13-14,18H,8-11H2,1-3H3. The monoisotopic (exact) mass is 288 g/mol. The van der Waals surface area contributed by atoms with Crippen LogP contribution in [0.5, 0.6) is 0 Å². The number of rotatable bonds is 6. The van der Waals surface area contributed by atoms with Crippen molar-refractivity contribution >= 4 is 21.4 Å². The number of likely N-dealkylation sites (N-methyl/N-ethyl adjacent to an activating group) is 1. The molecule has 1 N–H and O–H groups in total. The van der Waals surface area contributed by atoms with E-state index in [1.807, 2.05) is 11.3 Å². The molecule has 1 aliphatic rings. The minimum atomic E-state index is 0.444. The molecule has 1 unspecified atom stereocenters. The second-order valence-electron chi connectivity index (χ2n) is 5.98. The lowest BCUT2D eigenvalue weighted by atomic mass is 10.1. The predicted molar refractivity (Wildman–Crippen MR) is 88.6 cm³/mol. The van der Waals surface area contributed by atoms with Gasteiger partial charge in [0.25, 0.3) is 0 Å². The number of nitrogens with one attached hydrogen (secondary N) is 1. The second-order valence-corrected chi connectivity index (χ2v) is 7.06. The highest BCUT2D eigenvalue weighted by Gasteiger charge is 2.25. The fraction of sp³-hybridized carbons (Fsp3) is 0.529. The van der Waals surface area contributed by atoms with Crippen molar-refractivity contribution in [2.24, 2.45) is 0 Å². The Kier molecular flexibility index (Phi) is 4.11. The van der Waals surface area contributed by atoms with Crippen LogP contribution in [0.1, 0.15) is 36.2 Å². The minimum Gasteiger partial charge on any atom is -0.308 e. The van der Waals surface area contributed by atoms with Gasteiger partial charge >= 0.3 is 0 Å². The van der Waals surface area contributed by atoms with Crippen molar-refractivity contribution in [3.05, 3.63) is 34.7 Å². The summed E-state index contributed by atoms with van der Waals surface area (Å²) in [6.45, 7) is 6.76. The van der Waals surface area contributed by atoms with E-state index in [0.29, 0.717) is 6.04 Å². The summed E-state index contributed by atoms with van der Waals surface area (Å²) < 4.78 is 1.41. The number of aryl methyl sites for hydroxylation is 1. The van der Waals surface area contributed by atoms with E-state index in [1.54, 1.807) is 0 Å². The van der Waals surface area contributed by atoms with Crippen molar-refractivity contribution < 1.29 is 0 Å². The topological polar surface area (TPSA) is 15.3 Å². The lowest BCUT2D eigenvalue weighted by Gasteiger charge is -2.18. The smallest absolute Gasteiger partial charge is 0.0389 e. The Balaban J connectivity index is 1.62. The van der Waals surface area contributed by atoms with Crippen LogP contribution in [0, 0.1) is 6.92 Å². The van der Waals surface area contributed by atoms with E-state index < -0.39 is 0 Å². The number of nitrogens with zero attached hydrogens (tertiary/aromatic N) is 1. The molecule has 3 rings (SSSR count). The van der Waals surface area contributed by atoms with Crippen LogP contribution in [0.15, 0.2) is 24.3 Å². The summed E-state index contributed by atoms with van der Waals surface area (Å²) in [5.74, 6) is 0. The van der Waals surface area contributed by atoms with Gasteiger partial charge in [0, 0.05) is 34.8 Å². The molecule has 0 bridgehead atoms. The van der Waals surface area contributed by atoms with E-state index in [2.05, 4.69) is 55.4 Å². The maximum Gasteiger partial charge on any atom is 0.0389 e. The summed E-state index contributed by atoms with van der Waals surface area (Å²) in [4.78, 5) is 3.97. The first-order valence-electron chi connectivity index (χ1n) is 7.58. The molecule has 1 atom stereocenters. The van der Waals surface area contributed by atoms with Crippen molar-refractivity contribution in [3.63, 3.8) is 0 Å². The number of thiophene rings is 1. The van der Waals surface area contributed by atoms with E-state index in [4.69, 9.17) is 0 Å². The van der Waals surface area contributed by atoms with Crippen molar-refractivity contribution in [3.8, 4) is 0 Å². The van der Waals surface area contributed by atoms with Crippen LogP contribution >= 0.6 is 11.3 Å². The Morgan fingerprint density at radius 2 is 2.10 bits per heavy atom. The van der Waals surface area contributed by atoms with Crippen molar-refractivity contribution in [1.29, 1.82) is 0 Å². The summed E-state index contributed by atoms with van der Waals surface area (Å²) in [6.07, 6.45) is 2.78. The number of fused-ring (bicyclic) bond motifs is 1. The van der Waals surface area contributed by atoms with Gasteiger partial charge in [0.1, 0.15) is 0 Å². The second kappa shape index (κ2) is 5.84. The van der Waals surface area contributed by atoms with Gasteiger partial charge in [-0.3, -0.25) is 0 Å². The van der Waals surface area contributed by atoms with Gasteiger partial charge in [-0.25, -0.2) is 0 Å². The maximum atomic E-state index is 3.68. The molecule has 0 aliphatic heterocycles. The van der Waals surface area contributed by atoms with Gasteiger partial charge in [0.15, 0.2) is 0 Å². The molecule has 0 radical (unpaired) electrons. The molecule has 1 aliphatic carbocycles. The van der Waals surface area contributed by atoms with Crippen LogP contribution in [0.2, 0.25) is 0 Å². The summed E-state index contributed by atoms with van der Waals surface area (Å²) in [5.41, 5.74) is 1.45. The normalized spacial score (nSPS) is 17.0. The zero-order valence-electron chi connectivity index (χ0n) is 12.6. The zero-order valence-corrected chi connectivity index (χ0v) is 13.5. The Morgan fingerprint density at radius 1 is 1.35 bits per heavy atom. The maximum absolute atomic E-state index is 3.68. The molecule has 1 fully saturated rings. The predicted octanol–water partition coefficient (Wildman–Crippen LogP) is 3.95. The average Bonchev–Trinajstić information content (AvgIpc) is 3.24. The zero-order chi connectivity index (χ0) is 14.1. The van der Waals surface area contributed by atoms with Crippen LogP contribution < -0.4 is 5.32 Å². The quantitative estimate of drug-likeness (QED) is 0.865. The molecule has 1 heterocycles. The van der Waals surface area contributed by atoms with E-state index in [-0.39, 0.29) is 0 Å². The molecule has 1 saturated carbocycles. The Morgan fingerprint density at radius 3 is 2.80 bits per heavy atom. The highest BCUT2D eigenvalue weighted by molar-refractivity contribution is 7.19. The number of hydrogen-bond acceptors (Lipinski definition) is 3. The van der Waals surface area contributed by atoms with Crippen molar-refractivity contribution in [2.75, 3.05) is 20.1 Å². The SMILES string of the molecule is Cc1c(C(C)NCCN(C)C2CC2)sc2ccccc12. The fourth-order valence-electron chi connectivity index (χ4n) is 2.85. The molecular formula is C17H24N2S. The Labute approximate surface area is 125 Å². The van der Waals surface area contributed by atoms with Crippen LogP contribution in [0.3, 0.4) is 0 Å². The lowest BCUT2D eigenvalue weighted by Crippen LogP contribution is -2.31. The van der Waals surface area contributed by atoms with Crippen LogP contribution in [-0.2, 0) is 0 Å². The molecule has 108 valence electrons. The molecule has 3 heteroatoms. The first-order valence-corrected chi connectivity index (χ1v) is 8.40. The Hall–Kier alpha value is -0.900. The van der Waals surface area contributed by atoms with E-state index in [9.17, 15) is 0 Å². The van der Waals surface area contributed by atoms with E-state index >= 15 is 0 Å². The highest BCUT2D eigenvalue weighted by Crippen LogP contribution is 2.34. The first kappa shape index (κ1) is 14.1. The third-order valence-electron chi connectivity index (χ3n) is 4.36. The summed E-state index contributed by atoms with van der Waals surface area (Å²) in [7, 11) is 2.24. The highest BCUT2D eigenvalue weighted by atomic mass is 32.1. The molecular weight excluding hydrogens is 264 g/mol. The lowest BCUT2D eigenvalue weighted by molar-refractivity contribution is 0.317. The summed E-state index contributed by atoms with van der Waals surface area (Å²) >= 11 is 1.93. The van der Waals surface area contributed by atoms with Gasteiger partial charge in [-0.1, -0.05) is 18.2 Å². The summed E-state index contributed by atoms with van der Waals surface area (Å²) in [6, 6.07) is 10.0. The van der Waals surface area contributed by atoms with Gasteiger partial charge in [-0.05, 0) is 50.8 Å². The molecule has 0 amide bonds. The van der Waals surface area contributed by atoms with Crippen LogP contribution in [-0.4, -0.2) is 31.1 Å². The molecule has 1 aromatic carbocycles. The van der Waals surface area contributed by atoms with Gasteiger partial charge in [-0.2, -0.15) is 0 Å². The van der Waals surface area contributed by atoms with Crippen molar-refractivity contribution in [2.45, 2.75) is 38.8 Å². The molecule has 20 heavy (non-hydrogen) atoms. The number of hydrogen-bond donors (Lipinski definition) is 1. The average molecular weight is 288 g/mol. The third kappa shape index (κ3) is 2.90. The van der Waals surface area contributed by atoms with Crippen LogP contribution in [0.4, 0.5) is 0 Å². The van der Waals surface area contributed by atoms with Gasteiger partial charge in [0.2, 0.25) is 0 Å². The fourth-order valence-corrected chi connectivity index (χ4v) is 4.09. The van der Waals surface area contributed by atoms with Crippen molar-refractivity contribution in [1.82, 2.24) is 10.2 Å². The Bertz CT molecular complexity index is 586. The minimum absolute atomic E-state index is 0.444.